The van der Waals surface area contributed by atoms with Gasteiger partial charge in [-0.3, -0.25) is 4.79 Å². The molecule has 0 saturated carbocycles. The number of rotatable bonds is 9. The Kier molecular flexibility index (Phi) is 12.7. The number of carbonyl (C=O) groups is 1. The molecule has 0 fully saturated rings. The number of carbonyl (C=O) groups excluding carboxylic acids is 1. The van der Waals surface area contributed by atoms with Crippen LogP contribution in [0.2, 0.25) is 5.02 Å². The van der Waals surface area contributed by atoms with Crippen molar-refractivity contribution in [3.8, 4) is 0 Å². The fourth-order valence-electron chi connectivity index (χ4n) is 2.32. The second-order valence-electron chi connectivity index (χ2n) is 7.20. The van der Waals surface area contributed by atoms with Crippen LogP contribution in [0.25, 0.3) is 0 Å². The van der Waals surface area contributed by atoms with E-state index in [-0.39, 0.29) is 41.8 Å². The molecule has 27 heavy (non-hydrogen) atoms. The number of ether oxygens (including phenoxy) is 1. The highest BCUT2D eigenvalue weighted by atomic mass is 127. The number of aliphatic imine (C=N–C) groups is 1. The fraction of sp³-hybridized carbons (Fsp3) is 0.579. The van der Waals surface area contributed by atoms with Gasteiger partial charge in [0.15, 0.2) is 5.96 Å². The number of methoxy groups -OCH3 is 1. The largest absolute Gasteiger partial charge is 0.383 e. The minimum atomic E-state index is -0.0453. The lowest BCUT2D eigenvalue weighted by atomic mass is 9.86. The molecule has 1 amide bonds. The van der Waals surface area contributed by atoms with Crippen molar-refractivity contribution in [2.75, 3.05) is 47.4 Å². The van der Waals surface area contributed by atoms with E-state index >= 15 is 0 Å². The predicted octanol–water partition coefficient (Wildman–Crippen LogP) is 2.80. The average Bonchev–Trinajstić information content (AvgIpc) is 2.56. The van der Waals surface area contributed by atoms with Gasteiger partial charge >= 0.3 is 0 Å². The molecule has 0 aliphatic rings. The Labute approximate surface area is 185 Å². The molecule has 154 valence electrons. The van der Waals surface area contributed by atoms with Crippen LogP contribution in [-0.4, -0.2) is 64.2 Å². The van der Waals surface area contributed by atoms with Crippen molar-refractivity contribution < 1.29 is 9.53 Å². The summed E-state index contributed by atoms with van der Waals surface area (Å²) >= 11 is 6.08. The van der Waals surface area contributed by atoms with Crippen molar-refractivity contribution in [3.63, 3.8) is 0 Å². The van der Waals surface area contributed by atoms with E-state index in [1.807, 2.05) is 18.2 Å². The highest BCUT2D eigenvalue weighted by molar-refractivity contribution is 14.0. The highest BCUT2D eigenvalue weighted by Gasteiger charge is 2.19. The molecular weight excluding hydrogens is 479 g/mol. The van der Waals surface area contributed by atoms with Crippen LogP contribution in [0.3, 0.4) is 0 Å². The Morgan fingerprint density at radius 2 is 2.00 bits per heavy atom. The Morgan fingerprint density at radius 1 is 1.30 bits per heavy atom. The number of nitrogens with zero attached hydrogens (tertiary/aromatic N) is 2. The first-order valence-electron chi connectivity index (χ1n) is 8.69. The van der Waals surface area contributed by atoms with E-state index in [2.05, 4.69) is 35.5 Å². The second kappa shape index (κ2) is 13.2. The van der Waals surface area contributed by atoms with E-state index in [0.29, 0.717) is 25.7 Å². The van der Waals surface area contributed by atoms with Gasteiger partial charge in [0.25, 0.3) is 0 Å². The van der Waals surface area contributed by atoms with Gasteiger partial charge in [0.2, 0.25) is 5.91 Å². The number of hydrogen-bond acceptors (Lipinski definition) is 3. The molecular formula is C19H32ClIN4O2. The zero-order chi connectivity index (χ0) is 19.6. The SMILES string of the molecule is COCCNC(=NCC(=O)N(C)C)NCC(C)(C)Cc1cccc(Cl)c1.I. The molecule has 2 N–H and O–H groups in total. The molecule has 0 saturated heterocycles. The first-order chi connectivity index (χ1) is 12.2. The third-order valence-corrected chi connectivity index (χ3v) is 4.01. The molecule has 1 aromatic carbocycles. The lowest BCUT2D eigenvalue weighted by Crippen LogP contribution is -2.44. The van der Waals surface area contributed by atoms with Crippen molar-refractivity contribution in [3.05, 3.63) is 34.9 Å². The first-order valence-corrected chi connectivity index (χ1v) is 9.07. The van der Waals surface area contributed by atoms with Gasteiger partial charge in [0.1, 0.15) is 6.54 Å². The molecule has 1 aromatic rings. The van der Waals surface area contributed by atoms with Crippen LogP contribution < -0.4 is 10.6 Å². The number of benzene rings is 1. The van der Waals surface area contributed by atoms with Crippen LogP contribution in [0.15, 0.2) is 29.3 Å². The number of likely N-dealkylation sites (N-methyl/N-ethyl adjacent to an activating group) is 1. The van der Waals surface area contributed by atoms with Gasteiger partial charge in [-0.2, -0.15) is 0 Å². The van der Waals surface area contributed by atoms with E-state index in [4.69, 9.17) is 16.3 Å². The monoisotopic (exact) mass is 510 g/mol. The topological polar surface area (TPSA) is 66.0 Å². The Bertz CT molecular complexity index is 609. The fourth-order valence-corrected chi connectivity index (χ4v) is 2.53. The van der Waals surface area contributed by atoms with Crippen molar-refractivity contribution in [2.24, 2.45) is 10.4 Å². The van der Waals surface area contributed by atoms with E-state index in [1.54, 1.807) is 21.2 Å². The summed E-state index contributed by atoms with van der Waals surface area (Å²) in [6, 6.07) is 7.91. The number of amides is 1. The molecule has 6 nitrogen and oxygen atoms in total. The van der Waals surface area contributed by atoms with Crippen molar-refractivity contribution in [2.45, 2.75) is 20.3 Å². The summed E-state index contributed by atoms with van der Waals surface area (Å²) in [6.07, 6.45) is 0.878. The number of halogens is 2. The summed E-state index contributed by atoms with van der Waals surface area (Å²) in [4.78, 5) is 17.7. The molecule has 0 unspecified atom stereocenters. The summed E-state index contributed by atoms with van der Waals surface area (Å²) in [5.41, 5.74) is 1.18. The minimum absolute atomic E-state index is 0. The first kappa shape index (κ1) is 25.9. The van der Waals surface area contributed by atoms with Crippen molar-refractivity contribution in [1.29, 1.82) is 0 Å². The average molecular weight is 511 g/mol. The molecule has 0 aromatic heterocycles. The summed E-state index contributed by atoms with van der Waals surface area (Å²) in [6.45, 7) is 6.34. The van der Waals surface area contributed by atoms with Crippen LogP contribution in [0.1, 0.15) is 19.4 Å². The summed E-state index contributed by atoms with van der Waals surface area (Å²) in [5, 5.41) is 7.26. The molecule has 0 aliphatic carbocycles. The molecule has 0 atom stereocenters. The molecule has 0 radical (unpaired) electrons. The van der Waals surface area contributed by atoms with E-state index in [1.165, 1.54) is 10.5 Å². The maximum Gasteiger partial charge on any atom is 0.243 e. The zero-order valence-corrected chi connectivity index (χ0v) is 19.9. The normalized spacial score (nSPS) is 11.6. The molecule has 1 rings (SSSR count). The smallest absolute Gasteiger partial charge is 0.243 e. The quantitative estimate of drug-likeness (QED) is 0.232. The highest BCUT2D eigenvalue weighted by Crippen LogP contribution is 2.22. The molecule has 8 heteroatoms. The van der Waals surface area contributed by atoms with Crippen molar-refractivity contribution >= 4 is 47.4 Å². The van der Waals surface area contributed by atoms with Crippen LogP contribution in [-0.2, 0) is 16.0 Å². The molecule has 0 bridgehead atoms. The van der Waals surface area contributed by atoms with Gasteiger partial charge in [-0.15, -0.1) is 24.0 Å². The standard InChI is InChI=1S/C19H31ClN4O2.HI/c1-19(2,12-15-7-6-8-16(20)11-15)14-23-18(21-9-10-26-5)22-13-17(25)24(3)4;/h6-8,11H,9-10,12-14H2,1-5H3,(H2,21,22,23);1H. The summed E-state index contributed by atoms with van der Waals surface area (Å²) < 4.78 is 5.06. The minimum Gasteiger partial charge on any atom is -0.383 e. The maximum atomic E-state index is 11.8. The Morgan fingerprint density at radius 3 is 2.59 bits per heavy atom. The van der Waals surface area contributed by atoms with E-state index < -0.39 is 0 Å². The lowest BCUT2D eigenvalue weighted by molar-refractivity contribution is -0.127. The third kappa shape index (κ3) is 11.4. The van der Waals surface area contributed by atoms with Crippen LogP contribution in [0.5, 0.6) is 0 Å². The molecule has 0 aliphatic heterocycles. The van der Waals surface area contributed by atoms with Gasteiger partial charge < -0.3 is 20.3 Å². The molecule has 0 heterocycles. The van der Waals surface area contributed by atoms with Crippen LogP contribution >= 0.6 is 35.6 Å². The number of guanidine groups is 1. The van der Waals surface area contributed by atoms with Gasteiger partial charge in [-0.05, 0) is 29.5 Å². The van der Waals surface area contributed by atoms with Crippen molar-refractivity contribution in [1.82, 2.24) is 15.5 Å². The second-order valence-corrected chi connectivity index (χ2v) is 7.63. The van der Waals surface area contributed by atoms with Gasteiger partial charge in [-0.1, -0.05) is 37.6 Å². The van der Waals surface area contributed by atoms with Crippen LogP contribution in [0, 0.1) is 5.41 Å². The van der Waals surface area contributed by atoms with Gasteiger partial charge in [0, 0.05) is 39.3 Å². The predicted molar refractivity (Wildman–Crippen MR) is 123 cm³/mol. The van der Waals surface area contributed by atoms with Gasteiger partial charge in [-0.25, -0.2) is 4.99 Å². The lowest BCUT2D eigenvalue weighted by Gasteiger charge is -2.26. The number of nitrogens with one attached hydrogen (secondary N) is 2. The van der Waals surface area contributed by atoms with E-state index in [0.717, 1.165) is 11.4 Å². The molecule has 0 spiro atoms. The summed E-state index contributed by atoms with van der Waals surface area (Å²) in [5.74, 6) is 0.562. The number of hydrogen-bond donors (Lipinski definition) is 2. The zero-order valence-electron chi connectivity index (χ0n) is 16.8. The Hall–Kier alpha value is -1.06. The maximum absolute atomic E-state index is 11.8. The van der Waals surface area contributed by atoms with Gasteiger partial charge in [0.05, 0.1) is 6.61 Å². The third-order valence-electron chi connectivity index (χ3n) is 3.78. The summed E-state index contributed by atoms with van der Waals surface area (Å²) in [7, 11) is 5.09. The van der Waals surface area contributed by atoms with E-state index in [9.17, 15) is 4.79 Å². The Balaban J connectivity index is 0.00000676. The van der Waals surface area contributed by atoms with Crippen LogP contribution in [0.4, 0.5) is 0 Å².